The number of hydrogen-bond donors (Lipinski definition) is 1. The second-order valence-electron chi connectivity index (χ2n) is 5.18. The van der Waals surface area contributed by atoms with Gasteiger partial charge in [-0.05, 0) is 48.4 Å². The molecule has 0 aliphatic carbocycles. The molecule has 0 atom stereocenters. The molecule has 0 spiro atoms. The third-order valence-electron chi connectivity index (χ3n) is 3.20. The molecule has 1 N–H and O–H groups in total. The number of imide groups is 1. The van der Waals surface area contributed by atoms with Gasteiger partial charge in [-0.15, -0.1) is 0 Å². The van der Waals surface area contributed by atoms with Crippen LogP contribution >= 0.6 is 11.6 Å². The molecular formula is C19H15ClFNO2. The summed E-state index contributed by atoms with van der Waals surface area (Å²) < 4.78 is 13.1. The lowest BCUT2D eigenvalue weighted by atomic mass is 10.0. The lowest BCUT2D eigenvalue weighted by Gasteiger charge is -2.09. The molecule has 2 aromatic rings. The van der Waals surface area contributed by atoms with Crippen LogP contribution in [0.1, 0.15) is 18.1 Å². The predicted octanol–water partition coefficient (Wildman–Crippen LogP) is 4.24. The van der Waals surface area contributed by atoms with Crippen molar-refractivity contribution in [2.75, 3.05) is 0 Å². The third kappa shape index (κ3) is 4.64. The van der Waals surface area contributed by atoms with Crippen LogP contribution in [0, 0.1) is 5.82 Å². The molecule has 2 rings (SSSR count). The summed E-state index contributed by atoms with van der Waals surface area (Å²) in [4.78, 5) is 24.2. The lowest BCUT2D eigenvalue weighted by molar-refractivity contribution is -0.125. The van der Waals surface area contributed by atoms with Crippen molar-refractivity contribution in [2.45, 2.75) is 6.92 Å². The summed E-state index contributed by atoms with van der Waals surface area (Å²) in [5.74, 6) is -1.57. The van der Waals surface area contributed by atoms with Crippen LogP contribution < -0.4 is 5.32 Å². The van der Waals surface area contributed by atoms with E-state index in [2.05, 4.69) is 11.9 Å². The highest BCUT2D eigenvalue weighted by molar-refractivity contribution is 6.31. The summed E-state index contributed by atoms with van der Waals surface area (Å²) in [6, 6.07) is 12.3. The van der Waals surface area contributed by atoms with Crippen LogP contribution in [0.25, 0.3) is 11.6 Å². The third-order valence-corrected chi connectivity index (χ3v) is 3.45. The summed E-state index contributed by atoms with van der Waals surface area (Å²) in [7, 11) is 0. The van der Waals surface area contributed by atoms with Gasteiger partial charge in [0.2, 0.25) is 0 Å². The Morgan fingerprint density at radius 2 is 1.62 bits per heavy atom. The standard InChI is InChI=1S/C19H15ClFNO2/c1-12(2)18(23)22-19(24)17(14-5-9-16(21)10-6-14)11-13-3-7-15(20)8-4-13/h3-11H,1H2,2H3,(H,22,23,24)/b17-11+. The van der Waals surface area contributed by atoms with Gasteiger partial charge in [0.15, 0.2) is 0 Å². The highest BCUT2D eigenvalue weighted by Crippen LogP contribution is 2.20. The van der Waals surface area contributed by atoms with Gasteiger partial charge in [-0.3, -0.25) is 14.9 Å². The molecule has 0 aromatic heterocycles. The zero-order chi connectivity index (χ0) is 17.7. The Morgan fingerprint density at radius 3 is 2.17 bits per heavy atom. The number of carbonyl (C=O) groups excluding carboxylic acids is 2. The molecule has 0 aliphatic rings. The van der Waals surface area contributed by atoms with Crippen molar-refractivity contribution in [1.82, 2.24) is 5.32 Å². The smallest absolute Gasteiger partial charge is 0.258 e. The first-order valence-corrected chi connectivity index (χ1v) is 7.49. The molecule has 0 radical (unpaired) electrons. The Hall–Kier alpha value is -2.72. The maximum atomic E-state index is 13.1. The van der Waals surface area contributed by atoms with Gasteiger partial charge in [-0.25, -0.2) is 4.39 Å². The fourth-order valence-electron chi connectivity index (χ4n) is 1.91. The summed E-state index contributed by atoms with van der Waals surface area (Å²) >= 11 is 5.85. The molecule has 0 saturated heterocycles. The summed E-state index contributed by atoms with van der Waals surface area (Å²) in [6.45, 7) is 5.00. The Bertz CT molecular complexity index is 808. The average Bonchev–Trinajstić information content (AvgIpc) is 2.55. The molecule has 122 valence electrons. The highest BCUT2D eigenvalue weighted by Gasteiger charge is 2.15. The zero-order valence-electron chi connectivity index (χ0n) is 13.0. The molecule has 0 bridgehead atoms. The first kappa shape index (κ1) is 17.6. The molecule has 0 saturated carbocycles. The molecule has 2 amide bonds. The fourth-order valence-corrected chi connectivity index (χ4v) is 2.04. The van der Waals surface area contributed by atoms with E-state index in [4.69, 9.17) is 11.6 Å². The maximum absolute atomic E-state index is 13.1. The quantitative estimate of drug-likeness (QED) is 0.666. The number of benzene rings is 2. The molecule has 2 aromatic carbocycles. The van der Waals surface area contributed by atoms with Gasteiger partial charge in [0.1, 0.15) is 5.82 Å². The Kier molecular flexibility index (Phi) is 5.66. The SMILES string of the molecule is C=C(C)C(=O)NC(=O)/C(=C/c1ccc(Cl)cc1)c1ccc(F)cc1. The molecule has 0 fully saturated rings. The van der Waals surface area contributed by atoms with Crippen molar-refractivity contribution in [3.05, 3.63) is 82.6 Å². The van der Waals surface area contributed by atoms with Crippen LogP contribution in [0.4, 0.5) is 4.39 Å². The van der Waals surface area contributed by atoms with E-state index in [1.54, 1.807) is 30.3 Å². The van der Waals surface area contributed by atoms with Gasteiger partial charge in [0, 0.05) is 16.2 Å². The second-order valence-corrected chi connectivity index (χ2v) is 5.62. The Morgan fingerprint density at radius 1 is 1.04 bits per heavy atom. The molecule has 0 heterocycles. The van der Waals surface area contributed by atoms with Gasteiger partial charge in [-0.1, -0.05) is 42.4 Å². The van der Waals surface area contributed by atoms with Gasteiger partial charge in [0.05, 0.1) is 0 Å². The van der Waals surface area contributed by atoms with Gasteiger partial charge >= 0.3 is 0 Å². The lowest BCUT2D eigenvalue weighted by Crippen LogP contribution is -2.31. The van der Waals surface area contributed by atoms with Gasteiger partial charge in [0.25, 0.3) is 11.8 Å². The first-order valence-electron chi connectivity index (χ1n) is 7.11. The number of carbonyl (C=O) groups is 2. The molecule has 5 heteroatoms. The van der Waals surface area contributed by atoms with E-state index >= 15 is 0 Å². The minimum atomic E-state index is -0.593. The monoisotopic (exact) mass is 343 g/mol. The number of hydrogen-bond acceptors (Lipinski definition) is 2. The number of rotatable bonds is 4. The van der Waals surface area contributed by atoms with Crippen LogP contribution in [-0.2, 0) is 9.59 Å². The molecule has 24 heavy (non-hydrogen) atoms. The van der Waals surface area contributed by atoms with E-state index in [1.807, 2.05) is 0 Å². The zero-order valence-corrected chi connectivity index (χ0v) is 13.7. The largest absolute Gasteiger partial charge is 0.288 e. The fraction of sp³-hybridized carbons (Fsp3) is 0.0526. The molecular weight excluding hydrogens is 329 g/mol. The van der Waals surface area contributed by atoms with E-state index in [0.717, 1.165) is 5.56 Å². The van der Waals surface area contributed by atoms with Crippen molar-refractivity contribution < 1.29 is 14.0 Å². The average molecular weight is 344 g/mol. The first-order chi connectivity index (χ1) is 11.4. The van der Waals surface area contributed by atoms with Crippen molar-refractivity contribution in [3.8, 4) is 0 Å². The maximum Gasteiger partial charge on any atom is 0.258 e. The van der Waals surface area contributed by atoms with Crippen LogP contribution in [0.2, 0.25) is 5.02 Å². The number of amides is 2. The minimum Gasteiger partial charge on any atom is -0.288 e. The highest BCUT2D eigenvalue weighted by atomic mass is 35.5. The van der Waals surface area contributed by atoms with E-state index < -0.39 is 17.6 Å². The summed E-state index contributed by atoms with van der Waals surface area (Å²) in [6.07, 6.45) is 1.60. The second kappa shape index (κ2) is 7.70. The van der Waals surface area contributed by atoms with Crippen molar-refractivity contribution in [2.24, 2.45) is 0 Å². The van der Waals surface area contributed by atoms with E-state index in [1.165, 1.54) is 31.2 Å². The number of nitrogens with one attached hydrogen (secondary N) is 1. The summed E-state index contributed by atoms with van der Waals surface area (Å²) in [5.41, 5.74) is 1.65. The van der Waals surface area contributed by atoms with Crippen molar-refractivity contribution >= 4 is 35.1 Å². The van der Waals surface area contributed by atoms with Crippen LogP contribution in [0.5, 0.6) is 0 Å². The normalized spacial score (nSPS) is 11.0. The Balaban J connectivity index is 2.42. The topological polar surface area (TPSA) is 46.2 Å². The van der Waals surface area contributed by atoms with Gasteiger partial charge in [-0.2, -0.15) is 0 Å². The van der Waals surface area contributed by atoms with Crippen LogP contribution in [0.15, 0.2) is 60.7 Å². The summed E-state index contributed by atoms with van der Waals surface area (Å²) in [5, 5.41) is 2.83. The van der Waals surface area contributed by atoms with Crippen LogP contribution in [0.3, 0.4) is 0 Å². The Labute approximate surface area is 144 Å². The van der Waals surface area contributed by atoms with Crippen LogP contribution in [-0.4, -0.2) is 11.8 Å². The predicted molar refractivity (Wildman–Crippen MR) is 93.7 cm³/mol. The molecule has 3 nitrogen and oxygen atoms in total. The van der Waals surface area contributed by atoms with Crippen molar-refractivity contribution in [3.63, 3.8) is 0 Å². The molecule has 0 unspecified atom stereocenters. The van der Waals surface area contributed by atoms with E-state index in [-0.39, 0.29) is 11.1 Å². The molecule has 0 aliphatic heterocycles. The number of halogens is 2. The van der Waals surface area contributed by atoms with E-state index in [9.17, 15) is 14.0 Å². The van der Waals surface area contributed by atoms with Gasteiger partial charge < -0.3 is 0 Å². The minimum absolute atomic E-state index is 0.216. The van der Waals surface area contributed by atoms with E-state index in [0.29, 0.717) is 10.6 Å². The van der Waals surface area contributed by atoms with Crippen molar-refractivity contribution in [1.29, 1.82) is 0 Å².